The first-order valence-electron chi connectivity index (χ1n) is 7.50. The average molecular weight is 277 g/mol. The number of nitrogen functional groups attached to an aromatic ring is 1. The van der Waals surface area contributed by atoms with Gasteiger partial charge in [-0.1, -0.05) is 0 Å². The zero-order chi connectivity index (χ0) is 14.5. The molecule has 4 nitrogen and oxygen atoms in total. The molecule has 0 spiro atoms. The van der Waals surface area contributed by atoms with E-state index >= 15 is 0 Å². The predicted molar refractivity (Wildman–Crippen MR) is 84.0 cm³/mol. The second-order valence-electron chi connectivity index (χ2n) is 5.75. The zero-order valence-electron chi connectivity index (χ0n) is 12.9. The zero-order valence-corrected chi connectivity index (χ0v) is 12.9. The Balaban J connectivity index is 2.02. The largest absolute Gasteiger partial charge is 0.494 e. The van der Waals surface area contributed by atoms with Crippen molar-refractivity contribution in [3.8, 4) is 5.75 Å². The first-order chi connectivity index (χ1) is 9.60. The van der Waals surface area contributed by atoms with Crippen LogP contribution in [0.15, 0.2) is 18.2 Å². The maximum absolute atomic E-state index is 5.92. The number of nitrogens with two attached hydrogens (primary N) is 1. The molecule has 1 heterocycles. The van der Waals surface area contributed by atoms with Gasteiger partial charge in [0.1, 0.15) is 5.75 Å². The molecule has 0 aromatic heterocycles. The maximum atomic E-state index is 5.92. The minimum Gasteiger partial charge on any atom is -0.494 e. The molecule has 1 aromatic rings. The Morgan fingerprint density at radius 3 is 2.70 bits per heavy atom. The molecule has 1 aliphatic rings. The van der Waals surface area contributed by atoms with Gasteiger partial charge < -0.3 is 15.4 Å². The van der Waals surface area contributed by atoms with E-state index in [1.54, 1.807) is 0 Å². The first-order valence-corrected chi connectivity index (χ1v) is 7.50. The molecule has 0 aliphatic carbocycles. The van der Waals surface area contributed by atoms with Gasteiger partial charge in [0.25, 0.3) is 0 Å². The lowest BCUT2D eigenvalue weighted by Crippen LogP contribution is -2.41. The van der Waals surface area contributed by atoms with E-state index in [2.05, 4.69) is 23.9 Å². The molecule has 1 aliphatic heterocycles. The van der Waals surface area contributed by atoms with E-state index in [9.17, 15) is 0 Å². The molecule has 1 saturated heterocycles. The molecule has 1 fully saturated rings. The Labute approximate surface area is 122 Å². The summed E-state index contributed by atoms with van der Waals surface area (Å²) in [6.07, 6.45) is 2.47. The van der Waals surface area contributed by atoms with Crippen molar-refractivity contribution in [1.82, 2.24) is 9.80 Å². The summed E-state index contributed by atoms with van der Waals surface area (Å²) in [7, 11) is 4.40. The number of hydrogen-bond acceptors (Lipinski definition) is 4. The van der Waals surface area contributed by atoms with Crippen molar-refractivity contribution in [3.63, 3.8) is 0 Å². The fraction of sp³-hybridized carbons (Fsp3) is 0.625. The van der Waals surface area contributed by atoms with Crippen LogP contribution >= 0.6 is 0 Å². The number of likely N-dealkylation sites (tertiary alicyclic amines) is 1. The van der Waals surface area contributed by atoms with Gasteiger partial charge in [-0.05, 0) is 65.1 Å². The normalized spacial score (nSPS) is 17.6. The molecule has 2 rings (SSSR count). The van der Waals surface area contributed by atoms with Crippen LogP contribution in [0.5, 0.6) is 5.75 Å². The predicted octanol–water partition coefficient (Wildman–Crippen LogP) is 2.19. The van der Waals surface area contributed by atoms with Gasteiger partial charge in [0.05, 0.1) is 6.61 Å². The van der Waals surface area contributed by atoms with Gasteiger partial charge in [-0.2, -0.15) is 0 Å². The van der Waals surface area contributed by atoms with E-state index in [0.717, 1.165) is 18.0 Å². The summed E-state index contributed by atoms with van der Waals surface area (Å²) in [5.41, 5.74) is 7.91. The number of anilines is 1. The highest BCUT2D eigenvalue weighted by molar-refractivity contribution is 5.47. The van der Waals surface area contributed by atoms with Crippen molar-refractivity contribution < 1.29 is 4.74 Å². The minimum atomic E-state index is 0.655. The Hall–Kier alpha value is -1.26. The molecular formula is C16H27N3O. The highest BCUT2D eigenvalue weighted by atomic mass is 16.5. The van der Waals surface area contributed by atoms with Crippen LogP contribution in [-0.4, -0.2) is 49.6 Å². The van der Waals surface area contributed by atoms with Crippen LogP contribution in [0.3, 0.4) is 0 Å². The lowest BCUT2D eigenvalue weighted by atomic mass is 10.0. The van der Waals surface area contributed by atoms with Crippen LogP contribution in [0.25, 0.3) is 0 Å². The number of benzene rings is 1. The summed E-state index contributed by atoms with van der Waals surface area (Å²) in [5, 5.41) is 0. The van der Waals surface area contributed by atoms with Crippen molar-refractivity contribution >= 4 is 5.69 Å². The van der Waals surface area contributed by atoms with Crippen molar-refractivity contribution in [1.29, 1.82) is 0 Å². The molecule has 4 heteroatoms. The summed E-state index contributed by atoms with van der Waals surface area (Å²) in [6, 6.07) is 6.58. The lowest BCUT2D eigenvalue weighted by molar-refractivity contribution is 0.138. The van der Waals surface area contributed by atoms with E-state index in [1.807, 2.05) is 25.1 Å². The van der Waals surface area contributed by atoms with Gasteiger partial charge in [0, 0.05) is 23.8 Å². The third-order valence-corrected chi connectivity index (χ3v) is 4.12. The maximum Gasteiger partial charge on any atom is 0.123 e. The van der Waals surface area contributed by atoms with Crippen molar-refractivity contribution in [2.45, 2.75) is 32.4 Å². The second-order valence-corrected chi connectivity index (χ2v) is 5.75. The quantitative estimate of drug-likeness (QED) is 0.838. The molecule has 0 atom stereocenters. The molecule has 2 N–H and O–H groups in total. The van der Waals surface area contributed by atoms with Crippen LogP contribution in [0.4, 0.5) is 5.69 Å². The highest BCUT2D eigenvalue weighted by Gasteiger charge is 2.21. The Morgan fingerprint density at radius 1 is 1.35 bits per heavy atom. The standard InChI is InChI=1S/C16H27N3O/c1-4-20-16-6-5-14(17)11-13(16)12-19(3)15-7-9-18(2)10-8-15/h5-6,11,15H,4,7-10,12,17H2,1-3H3. The fourth-order valence-corrected chi connectivity index (χ4v) is 2.85. The van der Waals surface area contributed by atoms with E-state index in [4.69, 9.17) is 10.5 Å². The summed E-state index contributed by atoms with van der Waals surface area (Å²) in [6.45, 7) is 5.97. The number of rotatable bonds is 5. The summed E-state index contributed by atoms with van der Waals surface area (Å²) in [5.74, 6) is 0.960. The summed E-state index contributed by atoms with van der Waals surface area (Å²) >= 11 is 0. The molecule has 0 saturated carbocycles. The Kier molecular flexibility index (Phi) is 5.26. The Morgan fingerprint density at radius 2 is 2.05 bits per heavy atom. The van der Waals surface area contributed by atoms with Crippen LogP contribution < -0.4 is 10.5 Å². The van der Waals surface area contributed by atoms with Gasteiger partial charge in [-0.25, -0.2) is 0 Å². The van der Waals surface area contributed by atoms with Crippen molar-refractivity contribution in [2.75, 3.05) is 39.5 Å². The Bertz CT molecular complexity index is 428. The first kappa shape index (κ1) is 15.1. The molecule has 1 aromatic carbocycles. The van der Waals surface area contributed by atoms with Gasteiger partial charge in [-0.15, -0.1) is 0 Å². The highest BCUT2D eigenvalue weighted by Crippen LogP contribution is 2.25. The average Bonchev–Trinajstić information content (AvgIpc) is 2.42. The summed E-state index contributed by atoms with van der Waals surface area (Å²) in [4.78, 5) is 4.83. The van der Waals surface area contributed by atoms with Crippen LogP contribution in [0.1, 0.15) is 25.3 Å². The third-order valence-electron chi connectivity index (χ3n) is 4.12. The smallest absolute Gasteiger partial charge is 0.123 e. The monoisotopic (exact) mass is 277 g/mol. The van der Waals surface area contributed by atoms with E-state index in [-0.39, 0.29) is 0 Å². The fourth-order valence-electron chi connectivity index (χ4n) is 2.85. The third kappa shape index (κ3) is 3.87. The van der Waals surface area contributed by atoms with Gasteiger partial charge >= 0.3 is 0 Å². The summed E-state index contributed by atoms with van der Waals surface area (Å²) < 4.78 is 5.71. The second kappa shape index (κ2) is 6.95. The minimum absolute atomic E-state index is 0.655. The molecule has 0 bridgehead atoms. The molecule has 0 radical (unpaired) electrons. The molecule has 0 unspecified atom stereocenters. The van der Waals surface area contributed by atoms with Crippen LogP contribution in [0, 0.1) is 0 Å². The molecule has 0 amide bonds. The molecular weight excluding hydrogens is 250 g/mol. The number of piperidine rings is 1. The van der Waals surface area contributed by atoms with Gasteiger partial charge in [-0.3, -0.25) is 4.90 Å². The SMILES string of the molecule is CCOc1ccc(N)cc1CN(C)C1CCN(C)CC1. The van der Waals surface area contributed by atoms with Crippen molar-refractivity contribution in [3.05, 3.63) is 23.8 Å². The van der Waals surface area contributed by atoms with E-state index in [1.165, 1.54) is 31.5 Å². The number of nitrogens with zero attached hydrogens (tertiary/aromatic N) is 2. The van der Waals surface area contributed by atoms with E-state index < -0.39 is 0 Å². The number of ether oxygens (including phenoxy) is 1. The molecule has 20 heavy (non-hydrogen) atoms. The van der Waals surface area contributed by atoms with E-state index in [0.29, 0.717) is 12.6 Å². The van der Waals surface area contributed by atoms with Crippen LogP contribution in [0.2, 0.25) is 0 Å². The van der Waals surface area contributed by atoms with Gasteiger partial charge in [0.15, 0.2) is 0 Å². The topological polar surface area (TPSA) is 41.7 Å². The van der Waals surface area contributed by atoms with Crippen LogP contribution in [-0.2, 0) is 6.54 Å². The lowest BCUT2D eigenvalue weighted by Gasteiger charge is -2.35. The van der Waals surface area contributed by atoms with Gasteiger partial charge in [0.2, 0.25) is 0 Å². The molecule has 112 valence electrons. The number of hydrogen-bond donors (Lipinski definition) is 1. The van der Waals surface area contributed by atoms with Crippen molar-refractivity contribution in [2.24, 2.45) is 0 Å².